The number of primary amides is 1. The van der Waals surface area contributed by atoms with Gasteiger partial charge in [0, 0.05) is 24.7 Å². The lowest BCUT2D eigenvalue weighted by atomic mass is 10.2. The minimum atomic E-state index is -1.11. The third kappa shape index (κ3) is 15.9. The van der Waals surface area contributed by atoms with Crippen LogP contribution in [0, 0.1) is 0 Å². The van der Waals surface area contributed by atoms with Gasteiger partial charge in [0.05, 0.1) is 12.9 Å². The SMILES string of the molecule is NC(=O)CCC(N)C(=O)O.NC(Cc1cnc[nH]1)C(=O)O.NCC(=O)O. The number of carbonyl (C=O) groups is 4. The number of H-pyrrole nitrogens is 1. The van der Waals surface area contributed by atoms with Crippen LogP contribution in [0.4, 0.5) is 0 Å². The molecule has 1 amide bonds. The zero-order valence-electron chi connectivity index (χ0n) is 13.9. The van der Waals surface area contributed by atoms with Crippen molar-refractivity contribution in [3.63, 3.8) is 0 Å². The van der Waals surface area contributed by atoms with E-state index in [2.05, 4.69) is 15.7 Å². The summed E-state index contributed by atoms with van der Waals surface area (Å²) in [5, 5.41) is 24.2. The summed E-state index contributed by atoms with van der Waals surface area (Å²) in [6, 6.07) is -1.83. The minimum Gasteiger partial charge on any atom is -0.480 e. The largest absolute Gasteiger partial charge is 0.480 e. The molecule has 0 spiro atoms. The molecule has 1 aromatic heterocycles. The summed E-state index contributed by atoms with van der Waals surface area (Å²) in [6.07, 6.45) is 3.46. The van der Waals surface area contributed by atoms with Gasteiger partial charge in [0.15, 0.2) is 0 Å². The molecule has 2 atom stereocenters. The molecule has 1 rings (SSSR count). The first-order chi connectivity index (χ1) is 12.0. The number of nitrogens with two attached hydrogens (primary N) is 4. The predicted octanol–water partition coefficient (Wildman–Crippen LogP) is -2.94. The number of imidazole rings is 1. The van der Waals surface area contributed by atoms with Crippen molar-refractivity contribution in [1.82, 2.24) is 9.97 Å². The van der Waals surface area contributed by atoms with E-state index in [4.69, 9.17) is 32.5 Å². The number of hydrogen-bond acceptors (Lipinski definition) is 8. The number of aliphatic carboxylic acids is 3. The molecule has 12 N–H and O–H groups in total. The highest BCUT2D eigenvalue weighted by atomic mass is 16.4. The zero-order valence-corrected chi connectivity index (χ0v) is 13.9. The smallest absolute Gasteiger partial charge is 0.320 e. The van der Waals surface area contributed by atoms with Gasteiger partial charge in [-0.1, -0.05) is 0 Å². The van der Waals surface area contributed by atoms with E-state index >= 15 is 0 Å². The Hall–Kier alpha value is -3.03. The topological polar surface area (TPSA) is 262 Å². The zero-order chi connectivity index (χ0) is 20.7. The van der Waals surface area contributed by atoms with Crippen LogP contribution in [0.5, 0.6) is 0 Å². The summed E-state index contributed by atoms with van der Waals surface area (Å²) in [5.74, 6) is -3.61. The first-order valence-electron chi connectivity index (χ1n) is 7.15. The molecule has 0 aromatic carbocycles. The summed E-state index contributed by atoms with van der Waals surface area (Å²) in [7, 11) is 0. The molecular formula is C13H24N6O7. The highest BCUT2D eigenvalue weighted by Crippen LogP contribution is 1.95. The van der Waals surface area contributed by atoms with Gasteiger partial charge in [0.25, 0.3) is 0 Å². The maximum absolute atomic E-state index is 10.3. The quantitative estimate of drug-likeness (QED) is 0.227. The number of nitrogens with zero attached hydrogens (tertiary/aromatic N) is 1. The van der Waals surface area contributed by atoms with Crippen molar-refractivity contribution in [2.24, 2.45) is 22.9 Å². The molecule has 1 aromatic rings. The van der Waals surface area contributed by atoms with Crippen LogP contribution in [0.2, 0.25) is 0 Å². The van der Waals surface area contributed by atoms with Crippen LogP contribution in [0.1, 0.15) is 18.5 Å². The molecule has 13 nitrogen and oxygen atoms in total. The lowest BCUT2D eigenvalue weighted by Crippen LogP contribution is -2.32. The van der Waals surface area contributed by atoms with Crippen LogP contribution in [-0.4, -0.2) is 67.7 Å². The normalized spacial score (nSPS) is 11.7. The van der Waals surface area contributed by atoms with E-state index in [1.54, 1.807) is 6.20 Å². The second kappa shape index (κ2) is 14.3. The number of aromatic nitrogens is 2. The fraction of sp³-hybridized carbons (Fsp3) is 0.462. The number of nitrogens with one attached hydrogen (secondary N) is 1. The summed E-state index contributed by atoms with van der Waals surface area (Å²) in [5.41, 5.74) is 20.4. The number of hydrogen-bond donors (Lipinski definition) is 8. The number of amides is 1. The molecule has 0 aliphatic heterocycles. The average Bonchev–Trinajstić information content (AvgIpc) is 3.06. The van der Waals surface area contributed by atoms with Crippen LogP contribution in [0.15, 0.2) is 12.5 Å². The number of carboxylic acid groups (broad SMARTS) is 3. The fourth-order valence-electron chi connectivity index (χ4n) is 1.14. The van der Waals surface area contributed by atoms with Gasteiger partial charge >= 0.3 is 17.9 Å². The molecule has 148 valence electrons. The lowest BCUT2D eigenvalue weighted by Gasteiger charge is -2.02. The average molecular weight is 376 g/mol. The van der Waals surface area contributed by atoms with E-state index < -0.39 is 35.9 Å². The Balaban J connectivity index is 0. The van der Waals surface area contributed by atoms with Crippen molar-refractivity contribution in [1.29, 1.82) is 0 Å². The van der Waals surface area contributed by atoms with Crippen LogP contribution >= 0.6 is 0 Å². The van der Waals surface area contributed by atoms with Crippen molar-refractivity contribution in [3.8, 4) is 0 Å². The second-order valence-corrected chi connectivity index (χ2v) is 4.77. The number of carbonyl (C=O) groups excluding carboxylic acids is 1. The summed E-state index contributed by atoms with van der Waals surface area (Å²) < 4.78 is 0. The van der Waals surface area contributed by atoms with E-state index in [9.17, 15) is 19.2 Å². The van der Waals surface area contributed by atoms with Crippen molar-refractivity contribution in [3.05, 3.63) is 18.2 Å². The van der Waals surface area contributed by atoms with Crippen molar-refractivity contribution in [2.45, 2.75) is 31.3 Å². The highest BCUT2D eigenvalue weighted by Gasteiger charge is 2.12. The molecule has 13 heteroatoms. The second-order valence-electron chi connectivity index (χ2n) is 4.77. The molecule has 1 heterocycles. The van der Waals surface area contributed by atoms with E-state index in [1.807, 2.05) is 0 Å². The van der Waals surface area contributed by atoms with E-state index in [-0.39, 0.29) is 25.8 Å². The van der Waals surface area contributed by atoms with Crippen molar-refractivity contribution >= 4 is 23.8 Å². The predicted molar refractivity (Wildman–Crippen MR) is 88.6 cm³/mol. The van der Waals surface area contributed by atoms with Gasteiger partial charge < -0.3 is 43.2 Å². The summed E-state index contributed by atoms with van der Waals surface area (Å²) >= 11 is 0. The van der Waals surface area contributed by atoms with Gasteiger partial charge in [-0.15, -0.1) is 0 Å². The van der Waals surface area contributed by atoms with Gasteiger partial charge in [-0.2, -0.15) is 0 Å². The first-order valence-corrected chi connectivity index (χ1v) is 7.15. The van der Waals surface area contributed by atoms with Crippen LogP contribution in [0.3, 0.4) is 0 Å². The molecular weight excluding hydrogens is 352 g/mol. The van der Waals surface area contributed by atoms with Gasteiger partial charge in [0.1, 0.15) is 12.1 Å². The lowest BCUT2D eigenvalue weighted by molar-refractivity contribution is -0.139. The maximum Gasteiger partial charge on any atom is 0.320 e. The molecule has 0 fully saturated rings. The van der Waals surface area contributed by atoms with Crippen molar-refractivity contribution in [2.75, 3.05) is 6.54 Å². The number of aromatic amines is 1. The Morgan fingerprint density at radius 3 is 1.88 bits per heavy atom. The standard InChI is InChI=1S/C6H9N3O2.C5H10N2O3.C2H5NO2/c7-5(6(10)11)1-4-2-8-3-9-4;6-3(5(9)10)1-2-4(7)8;3-1-2(4)5/h2-3,5H,1,7H2,(H,8,9)(H,10,11);3H,1-2,6H2,(H2,7,8)(H,9,10);1,3H2,(H,4,5). The molecule has 0 saturated heterocycles. The monoisotopic (exact) mass is 376 g/mol. The van der Waals surface area contributed by atoms with Crippen LogP contribution in [-0.2, 0) is 25.6 Å². The van der Waals surface area contributed by atoms with Gasteiger partial charge in [-0.25, -0.2) is 4.98 Å². The third-order valence-corrected chi connectivity index (χ3v) is 2.51. The van der Waals surface area contributed by atoms with E-state index in [0.29, 0.717) is 0 Å². The summed E-state index contributed by atoms with van der Waals surface area (Å²) in [4.78, 5) is 46.1. The number of carboxylic acids is 3. The minimum absolute atomic E-state index is 0.0213. The Morgan fingerprint density at radius 2 is 1.58 bits per heavy atom. The Bertz CT molecular complexity index is 563. The maximum atomic E-state index is 10.3. The highest BCUT2D eigenvalue weighted by molar-refractivity contribution is 5.77. The first kappa shape index (κ1) is 25.2. The molecule has 0 aliphatic rings. The molecule has 0 radical (unpaired) electrons. The van der Waals surface area contributed by atoms with Crippen LogP contribution in [0.25, 0.3) is 0 Å². The van der Waals surface area contributed by atoms with Gasteiger partial charge in [0.2, 0.25) is 5.91 Å². The third-order valence-electron chi connectivity index (χ3n) is 2.51. The van der Waals surface area contributed by atoms with Gasteiger partial charge in [-0.05, 0) is 6.42 Å². The Labute approximate surface area is 148 Å². The van der Waals surface area contributed by atoms with Gasteiger partial charge in [-0.3, -0.25) is 19.2 Å². The van der Waals surface area contributed by atoms with Crippen molar-refractivity contribution < 1.29 is 34.5 Å². The molecule has 2 unspecified atom stereocenters. The molecule has 26 heavy (non-hydrogen) atoms. The molecule has 0 bridgehead atoms. The van der Waals surface area contributed by atoms with E-state index in [1.165, 1.54) is 6.33 Å². The summed E-state index contributed by atoms with van der Waals surface area (Å²) in [6.45, 7) is -0.278. The van der Waals surface area contributed by atoms with Crippen LogP contribution < -0.4 is 22.9 Å². The molecule has 0 aliphatic carbocycles. The Morgan fingerprint density at radius 1 is 1.08 bits per heavy atom. The van der Waals surface area contributed by atoms with E-state index in [0.717, 1.165) is 5.69 Å². The Kier molecular flexibility index (Phi) is 13.9. The molecule has 0 saturated carbocycles. The number of rotatable bonds is 8. The fourth-order valence-corrected chi connectivity index (χ4v) is 1.14.